The Hall–Kier alpha value is -0.580. The Kier molecular flexibility index (Phi) is 5.69. The second-order valence-electron chi connectivity index (χ2n) is 6.99. The number of piperidine rings is 1. The highest BCUT2D eigenvalue weighted by atomic mass is 79.9. The van der Waals surface area contributed by atoms with Crippen LogP contribution in [0.2, 0.25) is 0 Å². The van der Waals surface area contributed by atoms with Gasteiger partial charge in [0.1, 0.15) is 0 Å². The van der Waals surface area contributed by atoms with Crippen LogP contribution in [0.3, 0.4) is 0 Å². The molecule has 0 amide bonds. The van der Waals surface area contributed by atoms with E-state index >= 15 is 0 Å². The van der Waals surface area contributed by atoms with Gasteiger partial charge >= 0.3 is 0 Å². The maximum atomic E-state index is 9.22. The van der Waals surface area contributed by atoms with Gasteiger partial charge < -0.3 is 15.3 Å². The molecule has 2 N–H and O–H groups in total. The molecule has 0 aromatic heterocycles. The Labute approximate surface area is 136 Å². The van der Waals surface area contributed by atoms with Crippen LogP contribution in [-0.4, -0.2) is 30.3 Å². The molecule has 0 unspecified atom stereocenters. The molecular weight excluding hydrogens is 328 g/mol. The van der Waals surface area contributed by atoms with Gasteiger partial charge in [0.2, 0.25) is 0 Å². The first-order chi connectivity index (χ1) is 9.89. The summed E-state index contributed by atoms with van der Waals surface area (Å²) in [5, 5.41) is 12.7. The van der Waals surface area contributed by atoms with Gasteiger partial charge in [-0.2, -0.15) is 0 Å². The number of nitrogens with one attached hydrogen (secondary N) is 1. The van der Waals surface area contributed by atoms with E-state index in [2.05, 4.69) is 65.1 Å². The lowest BCUT2D eigenvalue weighted by Crippen LogP contribution is -2.35. The number of aliphatic hydroxyl groups excluding tert-OH is 1. The number of anilines is 1. The molecule has 0 saturated carbocycles. The normalized spacial score (nSPS) is 17.3. The monoisotopic (exact) mass is 354 g/mol. The zero-order valence-corrected chi connectivity index (χ0v) is 14.9. The summed E-state index contributed by atoms with van der Waals surface area (Å²) in [6, 6.07) is 6.64. The summed E-state index contributed by atoms with van der Waals surface area (Å²) < 4.78 is 1.17. The van der Waals surface area contributed by atoms with Crippen molar-refractivity contribution in [2.75, 3.05) is 24.6 Å². The first kappa shape index (κ1) is 16.8. The fourth-order valence-electron chi connectivity index (χ4n) is 2.61. The van der Waals surface area contributed by atoms with Gasteiger partial charge in [0.05, 0.1) is 0 Å². The molecule has 1 aromatic carbocycles. The van der Waals surface area contributed by atoms with Crippen molar-refractivity contribution in [3.05, 3.63) is 28.2 Å². The van der Waals surface area contributed by atoms with Crippen LogP contribution in [0.4, 0.5) is 5.69 Å². The van der Waals surface area contributed by atoms with Crippen LogP contribution < -0.4 is 10.2 Å². The molecule has 0 spiro atoms. The second kappa shape index (κ2) is 7.12. The lowest BCUT2D eigenvalue weighted by molar-refractivity contribution is 0.203. The van der Waals surface area contributed by atoms with Crippen LogP contribution in [0.5, 0.6) is 0 Å². The summed E-state index contributed by atoms with van der Waals surface area (Å²) in [7, 11) is 0. The molecule has 1 aliphatic rings. The van der Waals surface area contributed by atoms with E-state index in [1.54, 1.807) is 0 Å². The SMILES string of the molecule is CC(C)(C)NCc1ccc(N2CCC(CO)CC2)cc1Br. The van der Waals surface area contributed by atoms with Crippen molar-refractivity contribution in [1.82, 2.24) is 5.32 Å². The Morgan fingerprint density at radius 1 is 1.29 bits per heavy atom. The van der Waals surface area contributed by atoms with E-state index in [9.17, 15) is 5.11 Å². The van der Waals surface area contributed by atoms with Crippen molar-refractivity contribution in [3.63, 3.8) is 0 Å². The molecule has 1 fully saturated rings. The number of hydrogen-bond acceptors (Lipinski definition) is 3. The van der Waals surface area contributed by atoms with Crippen LogP contribution in [0, 0.1) is 5.92 Å². The average molecular weight is 355 g/mol. The third-order valence-electron chi connectivity index (χ3n) is 4.08. The molecule has 0 aliphatic carbocycles. The van der Waals surface area contributed by atoms with E-state index in [1.165, 1.54) is 15.7 Å². The zero-order chi connectivity index (χ0) is 15.5. The molecule has 1 saturated heterocycles. The lowest BCUT2D eigenvalue weighted by atomic mass is 9.97. The number of benzene rings is 1. The second-order valence-corrected chi connectivity index (χ2v) is 7.85. The van der Waals surface area contributed by atoms with Crippen LogP contribution in [-0.2, 0) is 6.54 Å². The summed E-state index contributed by atoms with van der Waals surface area (Å²) >= 11 is 3.70. The van der Waals surface area contributed by atoms with Crippen molar-refractivity contribution in [2.45, 2.75) is 45.7 Å². The highest BCUT2D eigenvalue weighted by Crippen LogP contribution is 2.28. The topological polar surface area (TPSA) is 35.5 Å². The number of hydrogen-bond donors (Lipinski definition) is 2. The van der Waals surface area contributed by atoms with Crippen LogP contribution in [0.25, 0.3) is 0 Å². The Morgan fingerprint density at radius 2 is 1.95 bits per heavy atom. The summed E-state index contributed by atoms with van der Waals surface area (Å²) in [6.07, 6.45) is 2.17. The summed E-state index contributed by atoms with van der Waals surface area (Å²) in [5.41, 5.74) is 2.70. The van der Waals surface area contributed by atoms with Crippen molar-refractivity contribution in [2.24, 2.45) is 5.92 Å². The lowest BCUT2D eigenvalue weighted by Gasteiger charge is -2.33. The Morgan fingerprint density at radius 3 is 2.48 bits per heavy atom. The first-order valence-electron chi connectivity index (χ1n) is 7.78. The van der Waals surface area contributed by atoms with E-state index in [1.807, 2.05) is 0 Å². The molecule has 3 nitrogen and oxygen atoms in total. The largest absolute Gasteiger partial charge is 0.396 e. The minimum atomic E-state index is 0.129. The molecule has 118 valence electrons. The molecule has 0 radical (unpaired) electrons. The highest BCUT2D eigenvalue weighted by Gasteiger charge is 2.19. The molecule has 1 heterocycles. The van der Waals surface area contributed by atoms with E-state index in [4.69, 9.17) is 0 Å². The third kappa shape index (κ3) is 4.97. The van der Waals surface area contributed by atoms with E-state index < -0.39 is 0 Å². The van der Waals surface area contributed by atoms with Crippen LogP contribution in [0.1, 0.15) is 39.2 Å². The summed E-state index contributed by atoms with van der Waals surface area (Å²) in [6.45, 7) is 9.82. The number of nitrogens with zero attached hydrogens (tertiary/aromatic N) is 1. The minimum absolute atomic E-state index is 0.129. The van der Waals surface area contributed by atoms with Crippen molar-refractivity contribution in [3.8, 4) is 0 Å². The zero-order valence-electron chi connectivity index (χ0n) is 13.3. The van der Waals surface area contributed by atoms with Gasteiger partial charge in [-0.05, 0) is 57.2 Å². The Bertz CT molecular complexity index is 462. The molecule has 1 aliphatic heterocycles. The number of halogens is 1. The van der Waals surface area contributed by atoms with Gasteiger partial charge in [0.15, 0.2) is 0 Å². The summed E-state index contributed by atoms with van der Waals surface area (Å²) in [5.74, 6) is 0.486. The molecule has 0 bridgehead atoms. The van der Waals surface area contributed by atoms with Crippen LogP contribution >= 0.6 is 15.9 Å². The maximum Gasteiger partial charge on any atom is 0.0460 e. The predicted molar refractivity (Wildman–Crippen MR) is 92.8 cm³/mol. The van der Waals surface area contributed by atoms with Crippen molar-refractivity contribution in [1.29, 1.82) is 0 Å². The average Bonchev–Trinajstić information content (AvgIpc) is 2.45. The minimum Gasteiger partial charge on any atom is -0.396 e. The smallest absolute Gasteiger partial charge is 0.0460 e. The van der Waals surface area contributed by atoms with Gasteiger partial charge in [0.25, 0.3) is 0 Å². The van der Waals surface area contributed by atoms with Gasteiger partial charge in [-0.3, -0.25) is 0 Å². The van der Waals surface area contributed by atoms with Gasteiger partial charge in [-0.1, -0.05) is 22.0 Å². The molecular formula is C17H27BrN2O. The number of rotatable bonds is 4. The van der Waals surface area contributed by atoms with E-state index in [0.717, 1.165) is 32.5 Å². The van der Waals surface area contributed by atoms with Gasteiger partial charge in [-0.25, -0.2) is 0 Å². The van der Waals surface area contributed by atoms with Crippen molar-refractivity contribution >= 4 is 21.6 Å². The fraction of sp³-hybridized carbons (Fsp3) is 0.647. The first-order valence-corrected chi connectivity index (χ1v) is 8.57. The molecule has 4 heteroatoms. The van der Waals surface area contributed by atoms with E-state index in [0.29, 0.717) is 12.5 Å². The molecule has 1 aromatic rings. The van der Waals surface area contributed by atoms with Gasteiger partial charge in [-0.15, -0.1) is 0 Å². The predicted octanol–water partition coefficient (Wildman–Crippen LogP) is 3.55. The standard InChI is InChI=1S/C17H27BrN2O/c1-17(2,3)19-11-14-4-5-15(10-16(14)18)20-8-6-13(12-21)7-9-20/h4-5,10,13,19,21H,6-9,11-12H2,1-3H3. The van der Waals surface area contributed by atoms with Gasteiger partial charge in [0, 0.05) is 41.9 Å². The molecule has 2 rings (SSSR count). The number of aliphatic hydroxyl groups is 1. The Balaban J connectivity index is 1.99. The van der Waals surface area contributed by atoms with E-state index in [-0.39, 0.29) is 5.54 Å². The highest BCUT2D eigenvalue weighted by molar-refractivity contribution is 9.10. The maximum absolute atomic E-state index is 9.22. The molecule has 21 heavy (non-hydrogen) atoms. The third-order valence-corrected chi connectivity index (χ3v) is 4.82. The quantitative estimate of drug-likeness (QED) is 0.867. The summed E-state index contributed by atoms with van der Waals surface area (Å²) in [4.78, 5) is 2.41. The van der Waals surface area contributed by atoms with Crippen LogP contribution in [0.15, 0.2) is 22.7 Å². The molecule has 0 atom stereocenters. The fourth-order valence-corrected chi connectivity index (χ4v) is 3.12. The van der Waals surface area contributed by atoms with Crippen molar-refractivity contribution < 1.29 is 5.11 Å².